The summed E-state index contributed by atoms with van der Waals surface area (Å²) < 4.78 is 38.1. The summed E-state index contributed by atoms with van der Waals surface area (Å²) in [5, 5.41) is 2.79. The zero-order chi connectivity index (χ0) is 21.5. The fourth-order valence-corrected chi connectivity index (χ4v) is 7.14. The number of morpholine rings is 1. The molecule has 1 aromatic rings. The van der Waals surface area contributed by atoms with Crippen LogP contribution in [-0.4, -0.2) is 79.5 Å². The molecule has 3 fully saturated rings. The van der Waals surface area contributed by atoms with Crippen LogP contribution in [-0.2, 0) is 24.3 Å². The number of methoxy groups -OCH3 is 1. The fraction of sp³-hybridized carbons (Fsp3) is 0.579. The van der Waals surface area contributed by atoms with Crippen molar-refractivity contribution in [2.24, 2.45) is 0 Å². The van der Waals surface area contributed by atoms with Crippen molar-refractivity contribution in [3.05, 3.63) is 18.2 Å². The van der Waals surface area contributed by atoms with E-state index in [1.165, 1.54) is 23.5 Å². The number of carbonyl (C=O) groups excluding carboxylic acids is 2. The normalized spacial score (nSPS) is 27.2. The molecule has 11 heteroatoms. The Morgan fingerprint density at radius 1 is 1.33 bits per heavy atom. The average Bonchev–Trinajstić information content (AvgIpc) is 3.24. The van der Waals surface area contributed by atoms with Gasteiger partial charge >= 0.3 is 0 Å². The first kappa shape index (κ1) is 21.4. The van der Waals surface area contributed by atoms with Crippen molar-refractivity contribution >= 4 is 39.3 Å². The van der Waals surface area contributed by atoms with E-state index in [0.29, 0.717) is 31.1 Å². The van der Waals surface area contributed by atoms with Gasteiger partial charge in [-0.1, -0.05) is 0 Å². The van der Waals surface area contributed by atoms with E-state index in [4.69, 9.17) is 9.47 Å². The van der Waals surface area contributed by atoms with Crippen molar-refractivity contribution in [3.63, 3.8) is 0 Å². The molecule has 164 valence electrons. The van der Waals surface area contributed by atoms with Gasteiger partial charge in [-0.25, -0.2) is 8.42 Å². The number of rotatable bonds is 5. The van der Waals surface area contributed by atoms with E-state index < -0.39 is 16.1 Å². The molecule has 30 heavy (non-hydrogen) atoms. The van der Waals surface area contributed by atoms with Crippen molar-refractivity contribution < 1.29 is 27.5 Å². The Balaban J connectivity index is 1.58. The predicted octanol–water partition coefficient (Wildman–Crippen LogP) is 1.11. The molecule has 1 aromatic carbocycles. The smallest absolute Gasteiger partial charge is 0.248 e. The van der Waals surface area contributed by atoms with Gasteiger partial charge in [-0.2, -0.15) is 4.31 Å². The third-order valence-corrected chi connectivity index (χ3v) is 9.19. The average molecular weight is 456 g/mol. The van der Waals surface area contributed by atoms with Gasteiger partial charge in [0, 0.05) is 31.0 Å². The van der Waals surface area contributed by atoms with Crippen LogP contribution in [0.2, 0.25) is 0 Å². The van der Waals surface area contributed by atoms with Gasteiger partial charge in [0.1, 0.15) is 16.7 Å². The van der Waals surface area contributed by atoms with E-state index in [2.05, 4.69) is 5.32 Å². The molecular formula is C19H25N3O6S2. The molecule has 0 bridgehead atoms. The Bertz CT molecular complexity index is 963. The molecule has 0 aliphatic carbocycles. The lowest BCUT2D eigenvalue weighted by molar-refractivity contribution is -0.135. The highest BCUT2D eigenvalue weighted by molar-refractivity contribution is 8.01. The van der Waals surface area contributed by atoms with Crippen LogP contribution in [0.5, 0.6) is 5.75 Å². The van der Waals surface area contributed by atoms with E-state index >= 15 is 0 Å². The van der Waals surface area contributed by atoms with E-state index in [1.807, 2.05) is 6.92 Å². The second-order valence-electron chi connectivity index (χ2n) is 7.64. The maximum Gasteiger partial charge on any atom is 0.248 e. The number of hydrogen-bond acceptors (Lipinski definition) is 7. The quantitative estimate of drug-likeness (QED) is 0.709. The first-order valence-electron chi connectivity index (χ1n) is 9.79. The second kappa shape index (κ2) is 8.03. The zero-order valence-corrected chi connectivity index (χ0v) is 18.6. The largest absolute Gasteiger partial charge is 0.495 e. The third kappa shape index (κ3) is 3.68. The summed E-state index contributed by atoms with van der Waals surface area (Å²) in [5.74, 6) is 0.385. The van der Waals surface area contributed by atoms with Crippen LogP contribution < -0.4 is 10.1 Å². The molecule has 3 aliphatic rings. The van der Waals surface area contributed by atoms with Crippen LogP contribution in [0.25, 0.3) is 0 Å². The van der Waals surface area contributed by atoms with Crippen LogP contribution in [0.3, 0.4) is 0 Å². The van der Waals surface area contributed by atoms with Gasteiger partial charge in [0.2, 0.25) is 21.8 Å². The minimum Gasteiger partial charge on any atom is -0.495 e. The van der Waals surface area contributed by atoms with Crippen molar-refractivity contribution in [3.8, 4) is 5.75 Å². The fourth-order valence-electron chi connectivity index (χ4n) is 4.12. The lowest BCUT2D eigenvalue weighted by Gasteiger charge is -2.30. The number of sulfonamides is 1. The minimum atomic E-state index is -3.81. The first-order chi connectivity index (χ1) is 14.3. The Kier molecular flexibility index (Phi) is 5.73. The van der Waals surface area contributed by atoms with Crippen molar-refractivity contribution in [1.82, 2.24) is 9.21 Å². The third-order valence-electron chi connectivity index (χ3n) is 5.77. The molecule has 3 aliphatic heterocycles. The van der Waals surface area contributed by atoms with Gasteiger partial charge in [-0.05, 0) is 31.5 Å². The number of carbonyl (C=O) groups is 2. The monoisotopic (exact) mass is 455 g/mol. The highest BCUT2D eigenvalue weighted by atomic mass is 32.2. The summed E-state index contributed by atoms with van der Waals surface area (Å²) in [6.45, 7) is 3.17. The van der Waals surface area contributed by atoms with Crippen LogP contribution in [0, 0.1) is 0 Å². The molecule has 2 atom stereocenters. The number of hydrogen-bond donors (Lipinski definition) is 1. The molecule has 0 saturated carbocycles. The highest BCUT2D eigenvalue weighted by Crippen LogP contribution is 2.47. The molecule has 4 rings (SSSR count). The lowest BCUT2D eigenvalue weighted by atomic mass is 10.2. The molecule has 3 heterocycles. The summed E-state index contributed by atoms with van der Waals surface area (Å²) in [4.78, 5) is 26.5. The SMILES string of the molecule is COc1ccc(NC(=O)C2CSC3(C)CCC(=O)N23)cc1S(=O)(=O)N1CCOCC1. The van der Waals surface area contributed by atoms with E-state index in [-0.39, 0.29) is 40.4 Å². The Hall–Kier alpha value is -1.82. The van der Waals surface area contributed by atoms with Crippen molar-refractivity contribution in [2.45, 2.75) is 35.6 Å². The van der Waals surface area contributed by atoms with Gasteiger partial charge in [-0.15, -0.1) is 11.8 Å². The van der Waals surface area contributed by atoms with E-state index in [1.54, 1.807) is 22.7 Å². The number of benzene rings is 1. The summed E-state index contributed by atoms with van der Waals surface area (Å²) >= 11 is 1.61. The highest BCUT2D eigenvalue weighted by Gasteiger charge is 2.52. The van der Waals surface area contributed by atoms with Gasteiger partial charge in [0.25, 0.3) is 0 Å². The zero-order valence-electron chi connectivity index (χ0n) is 16.9. The summed E-state index contributed by atoms with van der Waals surface area (Å²) in [7, 11) is -2.40. The number of anilines is 1. The van der Waals surface area contributed by atoms with Gasteiger partial charge < -0.3 is 19.7 Å². The second-order valence-corrected chi connectivity index (χ2v) is 11.0. The number of nitrogens with zero attached hydrogens (tertiary/aromatic N) is 2. The summed E-state index contributed by atoms with van der Waals surface area (Å²) in [6.07, 6.45) is 1.17. The van der Waals surface area contributed by atoms with Crippen LogP contribution in [0.15, 0.2) is 23.1 Å². The van der Waals surface area contributed by atoms with Gasteiger partial charge in [0.05, 0.1) is 25.2 Å². The Morgan fingerprint density at radius 3 is 2.77 bits per heavy atom. The molecule has 9 nitrogen and oxygen atoms in total. The molecule has 2 unspecified atom stereocenters. The van der Waals surface area contributed by atoms with Crippen LogP contribution in [0.4, 0.5) is 5.69 Å². The summed E-state index contributed by atoms with van der Waals surface area (Å²) in [5.41, 5.74) is 0.345. The first-order valence-corrected chi connectivity index (χ1v) is 12.2. The standard InChI is InChI=1S/C19H25N3O6S2/c1-19-6-5-17(23)22(19)14(12-29-19)18(24)20-13-3-4-15(27-2)16(11-13)30(25,26)21-7-9-28-10-8-21/h3-4,11,14H,5-10,12H2,1-2H3,(H,20,24). The molecule has 0 radical (unpaired) electrons. The topological polar surface area (TPSA) is 105 Å². The maximum atomic E-state index is 13.1. The number of nitrogens with one attached hydrogen (secondary N) is 1. The summed E-state index contributed by atoms with van der Waals surface area (Å²) in [6, 6.07) is 3.96. The van der Waals surface area contributed by atoms with Crippen LogP contribution >= 0.6 is 11.8 Å². The number of ether oxygens (including phenoxy) is 2. The molecule has 0 aromatic heterocycles. The molecule has 0 spiro atoms. The van der Waals surface area contributed by atoms with E-state index in [0.717, 1.165) is 6.42 Å². The molecule has 2 amide bonds. The predicted molar refractivity (Wildman–Crippen MR) is 112 cm³/mol. The maximum absolute atomic E-state index is 13.1. The lowest BCUT2D eigenvalue weighted by Crippen LogP contribution is -2.48. The van der Waals surface area contributed by atoms with Crippen molar-refractivity contribution in [1.29, 1.82) is 0 Å². The number of fused-ring (bicyclic) bond motifs is 1. The molecular weight excluding hydrogens is 430 g/mol. The van der Waals surface area contributed by atoms with E-state index in [9.17, 15) is 18.0 Å². The molecule has 3 saturated heterocycles. The minimum absolute atomic E-state index is 0.00687. The number of amides is 2. The molecule has 1 N–H and O–H groups in total. The Morgan fingerprint density at radius 2 is 2.07 bits per heavy atom. The van der Waals surface area contributed by atoms with Gasteiger partial charge in [-0.3, -0.25) is 9.59 Å². The van der Waals surface area contributed by atoms with Crippen molar-refractivity contribution in [2.75, 3.05) is 44.5 Å². The van der Waals surface area contributed by atoms with Crippen LogP contribution in [0.1, 0.15) is 19.8 Å². The number of thioether (sulfide) groups is 1. The van der Waals surface area contributed by atoms with Gasteiger partial charge in [0.15, 0.2) is 0 Å². The Labute approximate surface area is 180 Å².